The summed E-state index contributed by atoms with van der Waals surface area (Å²) in [5.41, 5.74) is 2.22. The molecule has 20 heavy (non-hydrogen) atoms. The summed E-state index contributed by atoms with van der Waals surface area (Å²) in [5, 5.41) is 3.76. The van der Waals surface area contributed by atoms with Gasteiger partial charge in [-0.25, -0.2) is 0 Å². The Hall–Kier alpha value is -0.820. The van der Waals surface area contributed by atoms with Gasteiger partial charge in [-0.15, -0.1) is 0 Å². The van der Waals surface area contributed by atoms with Gasteiger partial charge in [0.1, 0.15) is 0 Å². The van der Waals surface area contributed by atoms with Gasteiger partial charge in [0.05, 0.1) is 0 Å². The molecular weight excluding hydrogens is 242 g/mol. The summed E-state index contributed by atoms with van der Waals surface area (Å²) in [6, 6.07) is 11.1. The van der Waals surface area contributed by atoms with Crippen LogP contribution in [0.2, 0.25) is 0 Å². The van der Waals surface area contributed by atoms with Crippen molar-refractivity contribution in [3.63, 3.8) is 0 Å². The zero-order valence-electron chi connectivity index (χ0n) is 13.9. The molecule has 0 bridgehead atoms. The van der Waals surface area contributed by atoms with Crippen molar-refractivity contribution in [2.75, 3.05) is 6.54 Å². The van der Waals surface area contributed by atoms with Crippen LogP contribution < -0.4 is 5.32 Å². The first kappa shape index (κ1) is 15.6. The third kappa shape index (κ3) is 3.44. The average Bonchev–Trinajstić information content (AvgIpc) is 3.21. The molecule has 2 rings (SSSR count). The summed E-state index contributed by atoms with van der Waals surface area (Å²) in [7, 11) is 0. The number of rotatable bonds is 6. The molecule has 0 amide bonds. The molecule has 1 aromatic carbocycles. The van der Waals surface area contributed by atoms with E-state index >= 15 is 0 Å². The van der Waals surface area contributed by atoms with Crippen LogP contribution in [0.25, 0.3) is 0 Å². The van der Waals surface area contributed by atoms with E-state index in [4.69, 9.17) is 0 Å². The molecule has 112 valence electrons. The number of hydrogen-bond acceptors (Lipinski definition) is 1. The lowest BCUT2D eigenvalue weighted by atomic mass is 9.75. The molecule has 2 unspecified atom stereocenters. The highest BCUT2D eigenvalue weighted by atomic mass is 15.0. The van der Waals surface area contributed by atoms with Crippen molar-refractivity contribution < 1.29 is 0 Å². The highest BCUT2D eigenvalue weighted by molar-refractivity contribution is 5.27. The summed E-state index contributed by atoms with van der Waals surface area (Å²) < 4.78 is 0. The predicted molar refractivity (Wildman–Crippen MR) is 88.1 cm³/mol. The van der Waals surface area contributed by atoms with E-state index in [1.807, 2.05) is 0 Å². The summed E-state index contributed by atoms with van der Waals surface area (Å²) in [6.45, 7) is 12.7. The van der Waals surface area contributed by atoms with Gasteiger partial charge in [0.15, 0.2) is 0 Å². The van der Waals surface area contributed by atoms with E-state index in [-0.39, 0.29) is 5.54 Å². The van der Waals surface area contributed by atoms with Crippen LogP contribution in [0.1, 0.15) is 65.4 Å². The molecule has 1 aliphatic carbocycles. The van der Waals surface area contributed by atoms with Gasteiger partial charge < -0.3 is 5.32 Å². The third-order valence-electron chi connectivity index (χ3n) is 5.18. The fourth-order valence-electron chi connectivity index (χ4n) is 3.54. The first-order valence-electron chi connectivity index (χ1n) is 8.22. The van der Waals surface area contributed by atoms with Crippen LogP contribution in [-0.2, 0) is 0 Å². The van der Waals surface area contributed by atoms with Crippen LogP contribution >= 0.6 is 0 Å². The molecule has 0 aliphatic heterocycles. The second kappa shape index (κ2) is 5.89. The van der Waals surface area contributed by atoms with Gasteiger partial charge in [-0.3, -0.25) is 0 Å². The lowest BCUT2D eigenvalue weighted by Gasteiger charge is -2.36. The summed E-state index contributed by atoms with van der Waals surface area (Å²) in [4.78, 5) is 0. The molecule has 1 saturated carbocycles. The lowest BCUT2D eigenvalue weighted by Crippen LogP contribution is -2.44. The van der Waals surface area contributed by atoms with Crippen LogP contribution in [0.4, 0.5) is 0 Å². The standard InChI is InChI=1S/C19H31N/c1-6-19(7-2,14-20-18(3,4)5)17-13-16(17)15-11-9-8-10-12-15/h8-12,16-17,20H,6-7,13-14H2,1-5H3. The van der Waals surface area contributed by atoms with Crippen molar-refractivity contribution in [2.45, 2.75) is 65.3 Å². The Morgan fingerprint density at radius 2 is 1.65 bits per heavy atom. The molecule has 1 heteroatoms. The highest BCUT2D eigenvalue weighted by Gasteiger charge is 2.51. The quantitative estimate of drug-likeness (QED) is 0.770. The van der Waals surface area contributed by atoms with Gasteiger partial charge in [-0.05, 0) is 62.8 Å². The minimum absolute atomic E-state index is 0.215. The molecule has 1 aliphatic rings. The molecule has 1 aromatic rings. The first-order valence-corrected chi connectivity index (χ1v) is 8.22. The van der Waals surface area contributed by atoms with Gasteiger partial charge in [-0.1, -0.05) is 44.2 Å². The maximum Gasteiger partial charge on any atom is 0.00967 e. The molecule has 0 saturated heterocycles. The summed E-state index contributed by atoms with van der Waals surface area (Å²) >= 11 is 0. The Morgan fingerprint density at radius 3 is 2.15 bits per heavy atom. The van der Waals surface area contributed by atoms with Crippen LogP contribution in [0.3, 0.4) is 0 Å². The van der Waals surface area contributed by atoms with E-state index in [1.54, 1.807) is 5.56 Å². The molecule has 2 atom stereocenters. The number of benzene rings is 1. The molecule has 1 fully saturated rings. The Bertz CT molecular complexity index is 411. The zero-order chi connectivity index (χ0) is 14.8. The van der Waals surface area contributed by atoms with Gasteiger partial charge in [-0.2, -0.15) is 0 Å². The first-order chi connectivity index (χ1) is 9.42. The second-order valence-electron chi connectivity index (χ2n) is 7.53. The van der Waals surface area contributed by atoms with Gasteiger partial charge in [0.25, 0.3) is 0 Å². The molecule has 0 spiro atoms. The Balaban J connectivity index is 2.07. The second-order valence-corrected chi connectivity index (χ2v) is 7.53. The van der Waals surface area contributed by atoms with Crippen molar-refractivity contribution in [3.05, 3.63) is 35.9 Å². The average molecular weight is 273 g/mol. The molecular formula is C19H31N. The zero-order valence-corrected chi connectivity index (χ0v) is 13.9. The normalized spacial score (nSPS) is 22.9. The van der Waals surface area contributed by atoms with Crippen LogP contribution in [-0.4, -0.2) is 12.1 Å². The fraction of sp³-hybridized carbons (Fsp3) is 0.684. The smallest absolute Gasteiger partial charge is 0.00967 e. The molecule has 0 aromatic heterocycles. The maximum absolute atomic E-state index is 3.76. The minimum atomic E-state index is 0.215. The molecule has 0 heterocycles. The van der Waals surface area contributed by atoms with E-state index in [1.165, 1.54) is 19.3 Å². The van der Waals surface area contributed by atoms with Gasteiger partial charge in [0.2, 0.25) is 0 Å². The third-order valence-corrected chi connectivity index (χ3v) is 5.18. The molecule has 1 N–H and O–H groups in total. The van der Waals surface area contributed by atoms with Crippen molar-refractivity contribution in [2.24, 2.45) is 11.3 Å². The van der Waals surface area contributed by atoms with Crippen LogP contribution in [0, 0.1) is 11.3 Å². The van der Waals surface area contributed by atoms with Gasteiger partial charge in [0, 0.05) is 12.1 Å². The number of hydrogen-bond donors (Lipinski definition) is 1. The largest absolute Gasteiger partial charge is 0.312 e. The monoisotopic (exact) mass is 273 g/mol. The van der Waals surface area contributed by atoms with Gasteiger partial charge >= 0.3 is 0 Å². The summed E-state index contributed by atoms with van der Waals surface area (Å²) in [5.74, 6) is 1.65. The predicted octanol–water partition coefficient (Wildman–Crippen LogP) is 4.98. The van der Waals surface area contributed by atoms with E-state index in [0.29, 0.717) is 5.41 Å². The summed E-state index contributed by atoms with van der Waals surface area (Å²) in [6.07, 6.45) is 3.93. The highest BCUT2D eigenvalue weighted by Crippen LogP contribution is 2.59. The van der Waals surface area contributed by atoms with E-state index in [0.717, 1.165) is 18.4 Å². The SMILES string of the molecule is CCC(CC)(CNC(C)(C)C)C1CC1c1ccccc1. The van der Waals surface area contributed by atoms with Crippen molar-refractivity contribution in [3.8, 4) is 0 Å². The number of nitrogens with one attached hydrogen (secondary N) is 1. The van der Waals surface area contributed by atoms with Crippen LogP contribution in [0.5, 0.6) is 0 Å². The Labute approximate surface area is 125 Å². The van der Waals surface area contributed by atoms with E-state index in [2.05, 4.69) is 70.3 Å². The van der Waals surface area contributed by atoms with E-state index < -0.39 is 0 Å². The Kier molecular flexibility index (Phi) is 4.59. The van der Waals surface area contributed by atoms with Crippen LogP contribution in [0.15, 0.2) is 30.3 Å². The van der Waals surface area contributed by atoms with Crippen molar-refractivity contribution in [1.29, 1.82) is 0 Å². The molecule has 1 nitrogen and oxygen atoms in total. The van der Waals surface area contributed by atoms with Crippen molar-refractivity contribution in [1.82, 2.24) is 5.32 Å². The Morgan fingerprint density at radius 1 is 1.05 bits per heavy atom. The van der Waals surface area contributed by atoms with Crippen molar-refractivity contribution >= 4 is 0 Å². The maximum atomic E-state index is 3.76. The minimum Gasteiger partial charge on any atom is -0.312 e. The lowest BCUT2D eigenvalue weighted by molar-refractivity contribution is 0.183. The molecule has 0 radical (unpaired) electrons. The fourth-order valence-corrected chi connectivity index (χ4v) is 3.54. The topological polar surface area (TPSA) is 12.0 Å². The van der Waals surface area contributed by atoms with E-state index in [9.17, 15) is 0 Å².